The quantitative estimate of drug-likeness (QED) is 0.555. The molecule has 1 aliphatic heterocycles. The second kappa shape index (κ2) is 10.4. The van der Waals surface area contributed by atoms with Crippen LogP contribution in [-0.4, -0.2) is 62.3 Å². The number of nitrogens with one attached hydrogen (secondary N) is 1. The van der Waals surface area contributed by atoms with E-state index in [4.69, 9.17) is 4.74 Å². The van der Waals surface area contributed by atoms with E-state index < -0.39 is 0 Å². The highest BCUT2D eigenvalue weighted by Gasteiger charge is 2.15. The van der Waals surface area contributed by atoms with Crippen molar-refractivity contribution in [3.8, 4) is 10.6 Å². The van der Waals surface area contributed by atoms with Crippen molar-refractivity contribution in [2.75, 3.05) is 26.3 Å². The Morgan fingerprint density at radius 3 is 2.87 bits per heavy atom. The number of carbonyl (C=O) groups is 1. The Morgan fingerprint density at radius 1 is 1.20 bits per heavy atom. The summed E-state index contributed by atoms with van der Waals surface area (Å²) in [5.41, 5.74) is 1.97. The average molecular weight is 428 g/mol. The summed E-state index contributed by atoms with van der Waals surface area (Å²) in [7, 11) is 0. The van der Waals surface area contributed by atoms with Crippen LogP contribution in [0.25, 0.3) is 10.6 Å². The number of hydrogen-bond donors (Lipinski definition) is 1. The molecule has 1 amide bonds. The van der Waals surface area contributed by atoms with E-state index in [1.807, 2.05) is 35.7 Å². The zero-order chi connectivity index (χ0) is 20.6. The maximum Gasteiger partial charge on any atom is 0.220 e. The molecule has 0 aliphatic carbocycles. The van der Waals surface area contributed by atoms with Gasteiger partial charge >= 0.3 is 0 Å². The van der Waals surface area contributed by atoms with E-state index >= 15 is 0 Å². The monoisotopic (exact) mass is 427 g/mol. The molecule has 0 spiro atoms. The predicted octanol–water partition coefficient (Wildman–Crippen LogP) is 1.73. The highest BCUT2D eigenvalue weighted by molar-refractivity contribution is 7.13. The number of aromatic nitrogens is 5. The number of amides is 1. The lowest BCUT2D eigenvalue weighted by molar-refractivity contribution is -0.121. The first kappa shape index (κ1) is 20.6. The van der Waals surface area contributed by atoms with Gasteiger partial charge in [-0.1, -0.05) is 30.3 Å². The van der Waals surface area contributed by atoms with Crippen LogP contribution in [-0.2, 0) is 29.2 Å². The fourth-order valence-electron chi connectivity index (χ4n) is 3.24. The SMILES string of the molecule is O=C(CCCn1nnnc1CN1CCOCC1)NCc1csc(-c2ccccc2)n1. The smallest absolute Gasteiger partial charge is 0.220 e. The zero-order valence-electron chi connectivity index (χ0n) is 16.7. The van der Waals surface area contributed by atoms with Gasteiger partial charge in [0.05, 0.1) is 32.0 Å². The summed E-state index contributed by atoms with van der Waals surface area (Å²) < 4.78 is 7.16. The number of morpholine rings is 1. The molecule has 1 N–H and O–H groups in total. The van der Waals surface area contributed by atoms with Gasteiger partial charge in [0.1, 0.15) is 5.01 Å². The lowest BCUT2D eigenvalue weighted by atomic mass is 10.2. The van der Waals surface area contributed by atoms with Crippen LogP contribution >= 0.6 is 11.3 Å². The fourth-order valence-corrected chi connectivity index (χ4v) is 4.06. The first-order chi connectivity index (χ1) is 14.8. The van der Waals surface area contributed by atoms with Gasteiger partial charge in [0, 0.05) is 37.0 Å². The number of benzene rings is 1. The maximum absolute atomic E-state index is 12.2. The highest BCUT2D eigenvalue weighted by Crippen LogP contribution is 2.23. The molecule has 1 saturated heterocycles. The molecule has 0 unspecified atom stereocenters. The van der Waals surface area contributed by atoms with E-state index in [-0.39, 0.29) is 5.91 Å². The van der Waals surface area contributed by atoms with Gasteiger partial charge in [0.25, 0.3) is 0 Å². The Kier molecular flexibility index (Phi) is 7.11. The maximum atomic E-state index is 12.2. The van der Waals surface area contributed by atoms with Crippen molar-refractivity contribution < 1.29 is 9.53 Å². The summed E-state index contributed by atoms with van der Waals surface area (Å²) >= 11 is 1.59. The van der Waals surface area contributed by atoms with Gasteiger partial charge in [0.2, 0.25) is 5.91 Å². The van der Waals surface area contributed by atoms with Gasteiger partial charge < -0.3 is 10.1 Å². The molecule has 0 bridgehead atoms. The largest absolute Gasteiger partial charge is 0.379 e. The van der Waals surface area contributed by atoms with Gasteiger partial charge in [-0.2, -0.15) is 0 Å². The van der Waals surface area contributed by atoms with E-state index in [2.05, 4.69) is 30.7 Å². The topological polar surface area (TPSA) is 98.1 Å². The molecule has 10 heteroatoms. The normalized spacial score (nSPS) is 14.7. The van der Waals surface area contributed by atoms with Crippen LogP contribution in [0.1, 0.15) is 24.4 Å². The van der Waals surface area contributed by atoms with Crippen molar-refractivity contribution in [1.29, 1.82) is 0 Å². The number of aryl methyl sites for hydroxylation is 1. The van der Waals surface area contributed by atoms with E-state index in [1.165, 1.54) is 0 Å². The Bertz CT molecular complexity index is 938. The van der Waals surface area contributed by atoms with Gasteiger partial charge in [-0.25, -0.2) is 9.67 Å². The molecule has 1 aliphatic rings. The summed E-state index contributed by atoms with van der Waals surface area (Å²) in [6.07, 6.45) is 1.10. The van der Waals surface area contributed by atoms with Crippen molar-refractivity contribution in [3.63, 3.8) is 0 Å². The van der Waals surface area contributed by atoms with Crippen LogP contribution in [0.15, 0.2) is 35.7 Å². The van der Waals surface area contributed by atoms with E-state index in [0.717, 1.165) is 48.4 Å². The summed E-state index contributed by atoms with van der Waals surface area (Å²) in [4.78, 5) is 19.1. The lowest BCUT2D eigenvalue weighted by Gasteiger charge is -2.25. The Balaban J connectivity index is 1.19. The molecule has 3 heterocycles. The summed E-state index contributed by atoms with van der Waals surface area (Å²) in [6, 6.07) is 10.0. The minimum absolute atomic E-state index is 0.00654. The Labute approximate surface area is 179 Å². The number of hydrogen-bond acceptors (Lipinski definition) is 8. The van der Waals surface area contributed by atoms with E-state index in [0.29, 0.717) is 32.5 Å². The van der Waals surface area contributed by atoms with Crippen molar-refractivity contribution in [1.82, 2.24) is 35.4 Å². The predicted molar refractivity (Wildman–Crippen MR) is 113 cm³/mol. The van der Waals surface area contributed by atoms with Gasteiger partial charge in [-0.15, -0.1) is 16.4 Å². The first-order valence-corrected chi connectivity index (χ1v) is 11.0. The first-order valence-electron chi connectivity index (χ1n) is 10.1. The van der Waals surface area contributed by atoms with Crippen LogP contribution in [0, 0.1) is 0 Å². The number of carbonyl (C=O) groups excluding carboxylic acids is 1. The number of nitrogens with zero attached hydrogens (tertiary/aromatic N) is 6. The second-order valence-electron chi connectivity index (χ2n) is 7.10. The molecule has 9 nitrogen and oxygen atoms in total. The molecule has 4 rings (SSSR count). The number of tetrazole rings is 1. The number of thiazole rings is 1. The molecule has 2 aromatic heterocycles. The highest BCUT2D eigenvalue weighted by atomic mass is 32.1. The molecule has 0 saturated carbocycles. The molecule has 0 radical (unpaired) electrons. The van der Waals surface area contributed by atoms with Gasteiger partial charge in [0.15, 0.2) is 5.82 Å². The Morgan fingerprint density at radius 2 is 2.03 bits per heavy atom. The summed E-state index contributed by atoms with van der Waals surface area (Å²) in [5, 5.41) is 17.9. The summed E-state index contributed by atoms with van der Waals surface area (Å²) in [6.45, 7) is 5.03. The molecule has 158 valence electrons. The third-order valence-electron chi connectivity index (χ3n) is 4.89. The molecule has 3 aromatic rings. The zero-order valence-corrected chi connectivity index (χ0v) is 17.6. The molecular formula is C20H25N7O2S. The van der Waals surface area contributed by atoms with Crippen molar-refractivity contribution >= 4 is 17.2 Å². The van der Waals surface area contributed by atoms with Crippen LogP contribution in [0.3, 0.4) is 0 Å². The molecule has 1 fully saturated rings. The second-order valence-corrected chi connectivity index (χ2v) is 7.96. The number of rotatable bonds is 9. The summed E-state index contributed by atoms with van der Waals surface area (Å²) in [5.74, 6) is 0.834. The van der Waals surface area contributed by atoms with Gasteiger partial charge in [-0.05, 0) is 16.8 Å². The lowest BCUT2D eigenvalue weighted by Crippen LogP contribution is -2.36. The minimum Gasteiger partial charge on any atom is -0.379 e. The molecule has 0 atom stereocenters. The molecule has 30 heavy (non-hydrogen) atoms. The third-order valence-corrected chi connectivity index (χ3v) is 5.83. The van der Waals surface area contributed by atoms with Crippen LogP contribution in [0.5, 0.6) is 0 Å². The molecular weight excluding hydrogens is 402 g/mol. The fraction of sp³-hybridized carbons (Fsp3) is 0.450. The average Bonchev–Trinajstić information content (AvgIpc) is 3.43. The number of ether oxygens (including phenoxy) is 1. The minimum atomic E-state index is 0.00654. The molecule has 1 aromatic carbocycles. The van der Waals surface area contributed by atoms with E-state index in [9.17, 15) is 4.79 Å². The van der Waals surface area contributed by atoms with Crippen LogP contribution in [0.4, 0.5) is 0 Å². The van der Waals surface area contributed by atoms with Gasteiger partial charge in [-0.3, -0.25) is 9.69 Å². The Hall–Kier alpha value is -2.69. The third kappa shape index (κ3) is 5.68. The van der Waals surface area contributed by atoms with Crippen molar-refractivity contribution in [2.45, 2.75) is 32.5 Å². The van der Waals surface area contributed by atoms with E-state index in [1.54, 1.807) is 16.0 Å². The standard InChI is InChI=1S/C20H25N7O2S/c28-19(21-13-17-15-30-20(22-17)16-5-2-1-3-6-16)7-4-8-27-18(23-24-25-27)14-26-9-11-29-12-10-26/h1-3,5-6,15H,4,7-14H2,(H,21,28). The van der Waals surface area contributed by atoms with Crippen LogP contribution in [0.2, 0.25) is 0 Å². The van der Waals surface area contributed by atoms with Crippen molar-refractivity contribution in [2.24, 2.45) is 0 Å². The van der Waals surface area contributed by atoms with Crippen molar-refractivity contribution in [3.05, 3.63) is 47.2 Å². The van der Waals surface area contributed by atoms with Crippen LogP contribution < -0.4 is 5.32 Å².